The predicted octanol–water partition coefficient (Wildman–Crippen LogP) is 2.00. The molecule has 2 aliphatic rings. The molecule has 23 heavy (non-hydrogen) atoms. The lowest BCUT2D eigenvalue weighted by Gasteiger charge is -2.36. The van der Waals surface area contributed by atoms with E-state index in [-0.39, 0.29) is 23.8 Å². The van der Waals surface area contributed by atoms with Gasteiger partial charge >= 0.3 is 0 Å². The highest BCUT2D eigenvalue weighted by molar-refractivity contribution is 7.07. The molecule has 1 aromatic rings. The fraction of sp³-hybridized carbons (Fsp3) is 0.647. The Morgan fingerprint density at radius 1 is 1.26 bits per heavy atom. The van der Waals surface area contributed by atoms with Crippen LogP contribution in [0.5, 0.6) is 0 Å². The van der Waals surface area contributed by atoms with Gasteiger partial charge in [0.15, 0.2) is 0 Å². The molecule has 2 fully saturated rings. The lowest BCUT2D eigenvalue weighted by molar-refractivity contribution is -0.139. The molecule has 0 aromatic carbocycles. The minimum absolute atomic E-state index is 0.0697. The number of piperidine rings is 1. The molecule has 0 saturated carbocycles. The van der Waals surface area contributed by atoms with Crippen molar-refractivity contribution >= 4 is 23.2 Å². The molecule has 2 N–H and O–H groups in total. The van der Waals surface area contributed by atoms with Gasteiger partial charge in [-0.25, -0.2) is 0 Å². The van der Waals surface area contributed by atoms with E-state index in [0.29, 0.717) is 32.0 Å². The molecule has 3 rings (SSSR count). The van der Waals surface area contributed by atoms with Crippen molar-refractivity contribution in [3.05, 3.63) is 22.4 Å². The molecule has 2 aliphatic heterocycles. The minimum Gasteiger partial charge on any atom is -0.369 e. The summed E-state index contributed by atoms with van der Waals surface area (Å²) in [7, 11) is 0. The molecular formula is C17H25N3O2S. The van der Waals surface area contributed by atoms with Crippen molar-refractivity contribution in [3.8, 4) is 0 Å². The average molecular weight is 335 g/mol. The zero-order valence-electron chi connectivity index (χ0n) is 13.6. The number of nitrogens with two attached hydrogens (primary N) is 1. The second kappa shape index (κ2) is 7.01. The van der Waals surface area contributed by atoms with Crippen LogP contribution in [-0.2, 0) is 9.59 Å². The molecule has 6 heteroatoms. The Balaban J connectivity index is 1.62. The normalized spacial score (nSPS) is 24.7. The Labute approximate surface area is 141 Å². The maximum Gasteiger partial charge on any atom is 0.239 e. The van der Waals surface area contributed by atoms with Gasteiger partial charge in [-0.3, -0.25) is 14.5 Å². The van der Waals surface area contributed by atoms with Gasteiger partial charge in [0, 0.05) is 25.0 Å². The SMILES string of the molecule is C[C@H](C(=O)N1CCC(C(N)=O)CC1)N1CCC[C@@H]1c1ccsc1. The lowest BCUT2D eigenvalue weighted by atomic mass is 9.96. The van der Waals surface area contributed by atoms with Gasteiger partial charge in [-0.2, -0.15) is 11.3 Å². The summed E-state index contributed by atoms with van der Waals surface area (Å²) in [5.41, 5.74) is 6.70. The summed E-state index contributed by atoms with van der Waals surface area (Å²) in [6, 6.07) is 2.43. The van der Waals surface area contributed by atoms with E-state index in [1.807, 2.05) is 11.8 Å². The number of likely N-dealkylation sites (tertiary alicyclic amines) is 2. The maximum absolute atomic E-state index is 12.8. The van der Waals surface area contributed by atoms with Crippen molar-refractivity contribution in [2.45, 2.75) is 44.7 Å². The molecule has 3 heterocycles. The lowest BCUT2D eigenvalue weighted by Crippen LogP contribution is -2.50. The van der Waals surface area contributed by atoms with Crippen molar-refractivity contribution < 1.29 is 9.59 Å². The Bertz CT molecular complexity index is 552. The Kier molecular flexibility index (Phi) is 5.02. The third-order valence-electron chi connectivity index (χ3n) is 5.29. The average Bonchev–Trinajstić information content (AvgIpc) is 3.24. The summed E-state index contributed by atoms with van der Waals surface area (Å²) in [6.07, 6.45) is 3.66. The molecule has 0 radical (unpaired) electrons. The van der Waals surface area contributed by atoms with E-state index in [4.69, 9.17) is 5.73 Å². The van der Waals surface area contributed by atoms with Gasteiger partial charge in [-0.1, -0.05) is 0 Å². The fourth-order valence-electron chi connectivity index (χ4n) is 3.87. The van der Waals surface area contributed by atoms with Crippen LogP contribution in [0.1, 0.15) is 44.2 Å². The number of rotatable bonds is 4. The Morgan fingerprint density at radius 2 is 2.00 bits per heavy atom. The number of carbonyl (C=O) groups is 2. The van der Waals surface area contributed by atoms with Crippen molar-refractivity contribution in [2.24, 2.45) is 11.7 Å². The molecular weight excluding hydrogens is 310 g/mol. The molecule has 0 bridgehead atoms. The molecule has 2 saturated heterocycles. The fourth-order valence-corrected chi connectivity index (χ4v) is 4.57. The van der Waals surface area contributed by atoms with Crippen LogP contribution in [0.15, 0.2) is 16.8 Å². The van der Waals surface area contributed by atoms with Crippen LogP contribution in [0.2, 0.25) is 0 Å². The predicted molar refractivity (Wildman–Crippen MR) is 91.0 cm³/mol. The molecule has 0 aliphatic carbocycles. The molecule has 0 unspecified atom stereocenters. The summed E-state index contributed by atoms with van der Waals surface area (Å²) in [6.45, 7) is 4.29. The maximum atomic E-state index is 12.8. The number of nitrogens with zero attached hydrogens (tertiary/aromatic N) is 2. The van der Waals surface area contributed by atoms with Crippen LogP contribution in [0.4, 0.5) is 0 Å². The van der Waals surface area contributed by atoms with E-state index < -0.39 is 0 Å². The van der Waals surface area contributed by atoms with Crippen LogP contribution in [-0.4, -0.2) is 47.3 Å². The van der Waals surface area contributed by atoms with E-state index in [1.165, 1.54) is 5.56 Å². The van der Waals surface area contributed by atoms with Crippen LogP contribution >= 0.6 is 11.3 Å². The van der Waals surface area contributed by atoms with Gasteiger partial charge in [0.1, 0.15) is 0 Å². The van der Waals surface area contributed by atoms with Crippen molar-refractivity contribution in [1.29, 1.82) is 0 Å². The summed E-state index contributed by atoms with van der Waals surface area (Å²) in [5.74, 6) is -0.114. The van der Waals surface area contributed by atoms with Crippen molar-refractivity contribution in [2.75, 3.05) is 19.6 Å². The number of carbonyl (C=O) groups excluding carboxylic acids is 2. The highest BCUT2D eigenvalue weighted by Crippen LogP contribution is 2.35. The van der Waals surface area contributed by atoms with Crippen LogP contribution in [0.25, 0.3) is 0 Å². The second-order valence-electron chi connectivity index (χ2n) is 6.63. The summed E-state index contributed by atoms with van der Waals surface area (Å²) < 4.78 is 0. The zero-order chi connectivity index (χ0) is 16.4. The van der Waals surface area contributed by atoms with Crippen molar-refractivity contribution in [3.63, 3.8) is 0 Å². The van der Waals surface area contributed by atoms with E-state index >= 15 is 0 Å². The van der Waals surface area contributed by atoms with Gasteiger partial charge in [-0.05, 0) is 61.5 Å². The Morgan fingerprint density at radius 3 is 2.61 bits per heavy atom. The number of thiophene rings is 1. The van der Waals surface area contributed by atoms with Gasteiger partial charge in [0.25, 0.3) is 0 Å². The van der Waals surface area contributed by atoms with Gasteiger partial charge in [0.2, 0.25) is 11.8 Å². The Hall–Kier alpha value is -1.40. The molecule has 2 amide bonds. The quantitative estimate of drug-likeness (QED) is 0.915. The first-order chi connectivity index (χ1) is 11.1. The van der Waals surface area contributed by atoms with E-state index in [2.05, 4.69) is 21.7 Å². The first-order valence-electron chi connectivity index (χ1n) is 8.44. The molecule has 2 atom stereocenters. The smallest absolute Gasteiger partial charge is 0.239 e. The van der Waals surface area contributed by atoms with E-state index in [1.54, 1.807) is 11.3 Å². The van der Waals surface area contributed by atoms with Crippen LogP contribution in [0.3, 0.4) is 0 Å². The first kappa shape index (κ1) is 16.5. The number of primary amides is 1. The standard InChI is InChI=1S/C17H25N3O2S/c1-12(17(22)19-8-4-13(5-9-19)16(18)21)20-7-2-3-15(20)14-6-10-23-11-14/h6,10-13,15H,2-5,7-9H2,1H3,(H2,18,21)/t12-,15-/m1/s1. The zero-order valence-corrected chi connectivity index (χ0v) is 14.4. The van der Waals surface area contributed by atoms with Crippen molar-refractivity contribution in [1.82, 2.24) is 9.80 Å². The van der Waals surface area contributed by atoms with Gasteiger partial charge in [0.05, 0.1) is 6.04 Å². The topological polar surface area (TPSA) is 66.6 Å². The monoisotopic (exact) mass is 335 g/mol. The highest BCUT2D eigenvalue weighted by atomic mass is 32.1. The summed E-state index contributed by atoms with van der Waals surface area (Å²) >= 11 is 1.71. The minimum atomic E-state index is -0.234. The number of hydrogen-bond donors (Lipinski definition) is 1. The largest absolute Gasteiger partial charge is 0.369 e. The third kappa shape index (κ3) is 3.43. The first-order valence-corrected chi connectivity index (χ1v) is 9.38. The van der Waals surface area contributed by atoms with Gasteiger partial charge < -0.3 is 10.6 Å². The van der Waals surface area contributed by atoms with Crippen LogP contribution in [0, 0.1) is 5.92 Å². The second-order valence-corrected chi connectivity index (χ2v) is 7.41. The molecule has 126 valence electrons. The van der Waals surface area contributed by atoms with E-state index in [0.717, 1.165) is 19.4 Å². The number of hydrogen-bond acceptors (Lipinski definition) is 4. The van der Waals surface area contributed by atoms with E-state index in [9.17, 15) is 9.59 Å². The van der Waals surface area contributed by atoms with Crippen LogP contribution < -0.4 is 5.73 Å². The molecule has 1 aromatic heterocycles. The summed E-state index contributed by atoms with van der Waals surface area (Å²) in [5, 5.41) is 4.30. The number of amides is 2. The molecule has 5 nitrogen and oxygen atoms in total. The molecule has 0 spiro atoms. The highest BCUT2D eigenvalue weighted by Gasteiger charge is 2.36. The van der Waals surface area contributed by atoms with Gasteiger partial charge in [-0.15, -0.1) is 0 Å². The third-order valence-corrected chi connectivity index (χ3v) is 5.99. The summed E-state index contributed by atoms with van der Waals surface area (Å²) in [4.78, 5) is 28.4.